The van der Waals surface area contributed by atoms with Crippen LogP contribution in [-0.2, 0) is 23.1 Å². The minimum Gasteiger partial charge on any atom is -0.282 e. The zero-order valence-electron chi connectivity index (χ0n) is 12.9. The predicted octanol–water partition coefficient (Wildman–Crippen LogP) is 1.59. The van der Waals surface area contributed by atoms with Crippen LogP contribution in [0.4, 0.5) is 0 Å². The lowest BCUT2D eigenvalue weighted by Gasteiger charge is -2.09. The maximum atomic E-state index is 12.4. The second kappa shape index (κ2) is 6.14. The molecule has 7 nitrogen and oxygen atoms in total. The molecule has 0 unspecified atom stereocenters. The SMILES string of the molecule is Cc1ccc(S(=O)(=O)O)c(CCn2nnc3ccccc3c2=O)c1. The third kappa shape index (κ3) is 3.19. The number of hydrogen-bond acceptors (Lipinski definition) is 5. The summed E-state index contributed by atoms with van der Waals surface area (Å²) < 4.78 is 33.5. The van der Waals surface area contributed by atoms with Crippen molar-refractivity contribution in [1.82, 2.24) is 15.0 Å². The molecular weight excluding hydrogens is 330 g/mol. The molecule has 0 saturated carbocycles. The largest absolute Gasteiger partial charge is 0.294 e. The van der Waals surface area contributed by atoms with Crippen molar-refractivity contribution in [2.24, 2.45) is 0 Å². The molecule has 124 valence electrons. The lowest BCUT2D eigenvalue weighted by molar-refractivity contribution is 0.480. The molecule has 2 aromatic carbocycles. The Labute approximate surface area is 138 Å². The van der Waals surface area contributed by atoms with Gasteiger partial charge in [-0.15, -0.1) is 5.10 Å². The highest BCUT2D eigenvalue weighted by Crippen LogP contribution is 2.18. The molecule has 0 aliphatic heterocycles. The van der Waals surface area contributed by atoms with E-state index in [1.165, 1.54) is 10.7 Å². The monoisotopic (exact) mass is 345 g/mol. The predicted molar refractivity (Wildman–Crippen MR) is 88.5 cm³/mol. The molecule has 0 fully saturated rings. The number of aryl methyl sites for hydroxylation is 3. The van der Waals surface area contributed by atoms with Gasteiger partial charge >= 0.3 is 0 Å². The van der Waals surface area contributed by atoms with Gasteiger partial charge in [0, 0.05) is 0 Å². The standard InChI is InChI=1S/C16H15N3O4S/c1-11-6-7-15(24(21,22)23)12(10-11)8-9-19-16(20)13-4-2-3-5-14(13)17-18-19/h2-7,10H,8-9H2,1H3,(H,21,22,23). The van der Waals surface area contributed by atoms with Crippen LogP contribution in [0.25, 0.3) is 10.9 Å². The molecule has 0 amide bonds. The molecule has 3 rings (SSSR count). The van der Waals surface area contributed by atoms with E-state index in [0.717, 1.165) is 5.56 Å². The molecule has 0 aliphatic rings. The molecule has 0 radical (unpaired) electrons. The maximum Gasteiger partial charge on any atom is 0.294 e. The van der Waals surface area contributed by atoms with Gasteiger partial charge in [0.2, 0.25) is 0 Å². The number of nitrogens with zero attached hydrogens (tertiary/aromatic N) is 3. The summed E-state index contributed by atoms with van der Waals surface area (Å²) in [5, 5.41) is 8.32. The Morgan fingerprint density at radius 1 is 1.17 bits per heavy atom. The molecule has 8 heteroatoms. The molecule has 1 heterocycles. The Hall–Kier alpha value is -2.58. The fraction of sp³-hybridized carbons (Fsp3) is 0.188. The topological polar surface area (TPSA) is 102 Å². The molecule has 0 saturated heterocycles. The first-order chi connectivity index (χ1) is 11.4. The Bertz CT molecular complexity index is 1070. The molecule has 0 bridgehead atoms. The molecular formula is C16H15N3O4S. The van der Waals surface area contributed by atoms with E-state index in [1.54, 1.807) is 36.4 Å². The molecule has 0 spiro atoms. The van der Waals surface area contributed by atoms with Gasteiger partial charge in [0.05, 0.1) is 16.8 Å². The van der Waals surface area contributed by atoms with Crippen LogP contribution in [0.5, 0.6) is 0 Å². The van der Waals surface area contributed by atoms with E-state index < -0.39 is 10.1 Å². The summed E-state index contributed by atoms with van der Waals surface area (Å²) in [6, 6.07) is 11.5. The summed E-state index contributed by atoms with van der Waals surface area (Å²) in [6.07, 6.45) is 0.226. The molecule has 3 aromatic rings. The van der Waals surface area contributed by atoms with Crippen molar-refractivity contribution in [3.8, 4) is 0 Å². The van der Waals surface area contributed by atoms with Crippen molar-refractivity contribution in [2.45, 2.75) is 24.8 Å². The van der Waals surface area contributed by atoms with Gasteiger partial charge in [-0.05, 0) is 37.1 Å². The van der Waals surface area contributed by atoms with E-state index in [0.29, 0.717) is 16.5 Å². The lowest BCUT2D eigenvalue weighted by Crippen LogP contribution is -2.25. The van der Waals surface area contributed by atoms with Crippen LogP contribution in [0.1, 0.15) is 11.1 Å². The highest BCUT2D eigenvalue weighted by Gasteiger charge is 2.16. The Morgan fingerprint density at radius 3 is 2.67 bits per heavy atom. The fourth-order valence-corrected chi connectivity index (χ4v) is 3.28. The second-order valence-corrected chi connectivity index (χ2v) is 6.86. The van der Waals surface area contributed by atoms with Crippen molar-refractivity contribution >= 4 is 21.0 Å². The number of rotatable bonds is 4. The smallest absolute Gasteiger partial charge is 0.282 e. The van der Waals surface area contributed by atoms with E-state index in [-0.39, 0.29) is 23.4 Å². The summed E-state index contributed by atoms with van der Waals surface area (Å²) in [7, 11) is -4.32. The van der Waals surface area contributed by atoms with Gasteiger partial charge in [0.15, 0.2) is 0 Å². The first kappa shape index (κ1) is 16.3. The number of aromatic nitrogens is 3. The van der Waals surface area contributed by atoms with Gasteiger partial charge in [-0.3, -0.25) is 9.35 Å². The van der Waals surface area contributed by atoms with Crippen LogP contribution >= 0.6 is 0 Å². The zero-order valence-corrected chi connectivity index (χ0v) is 13.7. The second-order valence-electron chi connectivity index (χ2n) is 5.47. The van der Waals surface area contributed by atoms with Crippen LogP contribution in [0.2, 0.25) is 0 Å². The third-order valence-corrected chi connectivity index (χ3v) is 4.67. The van der Waals surface area contributed by atoms with Crippen LogP contribution in [0.3, 0.4) is 0 Å². The van der Waals surface area contributed by atoms with Crippen LogP contribution < -0.4 is 5.56 Å². The quantitative estimate of drug-likeness (QED) is 0.721. The summed E-state index contributed by atoms with van der Waals surface area (Å²) in [5.74, 6) is 0. The number of fused-ring (bicyclic) bond motifs is 1. The highest BCUT2D eigenvalue weighted by molar-refractivity contribution is 7.85. The van der Waals surface area contributed by atoms with Crippen LogP contribution in [0, 0.1) is 6.92 Å². The normalized spacial score (nSPS) is 11.8. The van der Waals surface area contributed by atoms with E-state index in [1.807, 2.05) is 6.92 Å². The molecule has 1 N–H and O–H groups in total. The first-order valence-corrected chi connectivity index (χ1v) is 8.70. The Balaban J connectivity index is 1.96. The molecule has 0 atom stereocenters. The van der Waals surface area contributed by atoms with Crippen LogP contribution in [-0.4, -0.2) is 28.0 Å². The molecule has 1 aromatic heterocycles. The summed E-state index contributed by atoms with van der Waals surface area (Å²) in [6.45, 7) is 1.97. The van der Waals surface area contributed by atoms with E-state index in [4.69, 9.17) is 0 Å². The van der Waals surface area contributed by atoms with Crippen molar-refractivity contribution in [1.29, 1.82) is 0 Å². The van der Waals surface area contributed by atoms with Gasteiger partial charge in [-0.1, -0.05) is 35.0 Å². The van der Waals surface area contributed by atoms with Gasteiger partial charge in [-0.25, -0.2) is 4.68 Å². The molecule has 24 heavy (non-hydrogen) atoms. The highest BCUT2D eigenvalue weighted by atomic mass is 32.2. The summed E-state index contributed by atoms with van der Waals surface area (Å²) in [4.78, 5) is 12.2. The van der Waals surface area contributed by atoms with Crippen molar-refractivity contribution in [2.75, 3.05) is 0 Å². The fourth-order valence-electron chi connectivity index (χ4n) is 2.55. The summed E-state index contributed by atoms with van der Waals surface area (Å²) >= 11 is 0. The van der Waals surface area contributed by atoms with Crippen LogP contribution in [0.15, 0.2) is 52.2 Å². The Kier molecular flexibility index (Phi) is 4.16. The van der Waals surface area contributed by atoms with Crippen molar-refractivity contribution in [3.63, 3.8) is 0 Å². The zero-order chi connectivity index (χ0) is 17.3. The van der Waals surface area contributed by atoms with Gasteiger partial charge in [0.1, 0.15) is 5.52 Å². The maximum absolute atomic E-state index is 12.4. The summed E-state index contributed by atoms with van der Waals surface area (Å²) in [5.41, 5.74) is 1.50. The van der Waals surface area contributed by atoms with Gasteiger partial charge in [-0.2, -0.15) is 8.42 Å². The van der Waals surface area contributed by atoms with E-state index in [2.05, 4.69) is 10.3 Å². The van der Waals surface area contributed by atoms with Crippen molar-refractivity contribution in [3.05, 3.63) is 63.9 Å². The minimum absolute atomic E-state index is 0.155. The minimum atomic E-state index is -4.32. The first-order valence-electron chi connectivity index (χ1n) is 7.26. The third-order valence-electron chi connectivity index (χ3n) is 3.72. The lowest BCUT2D eigenvalue weighted by atomic mass is 10.1. The average Bonchev–Trinajstić information content (AvgIpc) is 2.53. The van der Waals surface area contributed by atoms with Gasteiger partial charge < -0.3 is 0 Å². The van der Waals surface area contributed by atoms with E-state index in [9.17, 15) is 17.8 Å². The number of hydrogen-bond donors (Lipinski definition) is 1. The average molecular weight is 345 g/mol. The molecule has 0 aliphatic carbocycles. The van der Waals surface area contributed by atoms with E-state index >= 15 is 0 Å². The van der Waals surface area contributed by atoms with Crippen molar-refractivity contribution < 1.29 is 13.0 Å². The number of benzene rings is 2. The Morgan fingerprint density at radius 2 is 1.92 bits per heavy atom. The van der Waals surface area contributed by atoms with Gasteiger partial charge in [0.25, 0.3) is 15.7 Å².